The standard InChI is InChI=1S/C20H28BNO3/c1-13(23)22-18(10-14-8-6-5-7-9-14)21-24-17-12-15-11-16(19(15,2)3)20(17,4)25-21/h5-9,15-18H,10-12H2,1-4H3,(H,22,23)/t15?,16?,17?,18?,20-/m0/s1. The van der Waals surface area contributed by atoms with E-state index in [2.05, 4.69) is 38.2 Å². The van der Waals surface area contributed by atoms with Crippen LogP contribution in [-0.2, 0) is 20.5 Å². The van der Waals surface area contributed by atoms with Crippen molar-refractivity contribution in [1.82, 2.24) is 5.32 Å². The van der Waals surface area contributed by atoms with Gasteiger partial charge in [-0.3, -0.25) is 4.79 Å². The third-order valence-electron chi connectivity index (χ3n) is 6.98. The molecule has 1 heterocycles. The lowest BCUT2D eigenvalue weighted by Gasteiger charge is -2.64. The fourth-order valence-corrected chi connectivity index (χ4v) is 5.42. The van der Waals surface area contributed by atoms with Crippen LogP contribution in [0.25, 0.3) is 0 Å². The van der Waals surface area contributed by atoms with E-state index in [0.717, 1.165) is 12.3 Å². The highest BCUT2D eigenvalue weighted by Gasteiger charge is 2.68. The molecule has 4 unspecified atom stereocenters. The van der Waals surface area contributed by atoms with E-state index < -0.39 is 0 Å². The van der Waals surface area contributed by atoms with Gasteiger partial charge in [0.25, 0.3) is 0 Å². The molecule has 3 saturated carbocycles. The highest BCUT2D eigenvalue weighted by atomic mass is 16.7. The van der Waals surface area contributed by atoms with Crippen LogP contribution in [0.3, 0.4) is 0 Å². The summed E-state index contributed by atoms with van der Waals surface area (Å²) in [6.07, 6.45) is 3.15. The first-order valence-electron chi connectivity index (χ1n) is 9.45. The van der Waals surface area contributed by atoms with Crippen molar-refractivity contribution in [3.8, 4) is 0 Å². The first-order valence-corrected chi connectivity index (χ1v) is 9.45. The van der Waals surface area contributed by atoms with E-state index in [9.17, 15) is 4.79 Å². The summed E-state index contributed by atoms with van der Waals surface area (Å²) in [6.45, 7) is 8.49. The van der Waals surface area contributed by atoms with Crippen molar-refractivity contribution in [1.29, 1.82) is 0 Å². The fraction of sp³-hybridized carbons (Fsp3) is 0.650. The molecule has 1 aromatic carbocycles. The topological polar surface area (TPSA) is 47.6 Å². The lowest BCUT2D eigenvalue weighted by atomic mass is 9.43. The highest BCUT2D eigenvalue weighted by molar-refractivity contribution is 6.48. The number of amides is 1. The van der Waals surface area contributed by atoms with Gasteiger partial charge in [-0.25, -0.2) is 0 Å². The summed E-state index contributed by atoms with van der Waals surface area (Å²) in [5.41, 5.74) is 1.26. The predicted octanol–water partition coefficient (Wildman–Crippen LogP) is 3.00. The molecule has 2 bridgehead atoms. The Balaban J connectivity index is 1.54. The molecular formula is C20H28BNO3. The number of rotatable bonds is 4. The summed E-state index contributed by atoms with van der Waals surface area (Å²) >= 11 is 0. The molecule has 5 atom stereocenters. The third-order valence-corrected chi connectivity index (χ3v) is 6.98. The molecule has 1 saturated heterocycles. The van der Waals surface area contributed by atoms with Crippen LogP contribution in [-0.4, -0.2) is 30.7 Å². The summed E-state index contributed by atoms with van der Waals surface area (Å²) in [7, 11) is -0.380. The number of hydrogen-bond donors (Lipinski definition) is 1. The van der Waals surface area contributed by atoms with Crippen LogP contribution in [0.2, 0.25) is 0 Å². The average Bonchev–Trinajstić information content (AvgIpc) is 2.91. The monoisotopic (exact) mass is 341 g/mol. The van der Waals surface area contributed by atoms with E-state index >= 15 is 0 Å². The zero-order valence-corrected chi connectivity index (χ0v) is 15.6. The van der Waals surface area contributed by atoms with Crippen LogP contribution in [0.5, 0.6) is 0 Å². The second-order valence-electron chi connectivity index (χ2n) is 8.83. The molecule has 4 fully saturated rings. The van der Waals surface area contributed by atoms with Gasteiger partial charge in [-0.15, -0.1) is 0 Å². The number of nitrogens with one attached hydrogen (secondary N) is 1. The maximum atomic E-state index is 11.7. The number of hydrogen-bond acceptors (Lipinski definition) is 3. The SMILES string of the molecule is CC(=O)NC(Cc1ccccc1)B1OC2CC3CC(C3(C)C)[C@]2(C)O1. The summed E-state index contributed by atoms with van der Waals surface area (Å²) < 4.78 is 12.9. The van der Waals surface area contributed by atoms with Crippen molar-refractivity contribution >= 4 is 13.0 Å². The van der Waals surface area contributed by atoms with Gasteiger partial charge in [-0.2, -0.15) is 0 Å². The van der Waals surface area contributed by atoms with Gasteiger partial charge in [0, 0.05) is 6.92 Å². The summed E-state index contributed by atoms with van der Waals surface area (Å²) in [6, 6.07) is 10.2. The molecule has 1 aliphatic heterocycles. The Bertz CT molecular complexity index is 664. The van der Waals surface area contributed by atoms with E-state index in [1.165, 1.54) is 12.0 Å². The molecule has 1 aromatic rings. The van der Waals surface area contributed by atoms with E-state index in [-0.39, 0.29) is 30.7 Å². The lowest BCUT2D eigenvalue weighted by molar-refractivity contribution is -0.199. The van der Waals surface area contributed by atoms with Crippen molar-refractivity contribution in [3.63, 3.8) is 0 Å². The molecule has 134 valence electrons. The molecule has 5 rings (SSSR count). The van der Waals surface area contributed by atoms with E-state index in [1.807, 2.05) is 18.2 Å². The summed E-state index contributed by atoms with van der Waals surface area (Å²) in [4.78, 5) is 11.7. The average molecular weight is 341 g/mol. The van der Waals surface area contributed by atoms with Crippen molar-refractivity contribution < 1.29 is 14.1 Å². The van der Waals surface area contributed by atoms with E-state index in [1.54, 1.807) is 6.92 Å². The molecule has 5 heteroatoms. The molecule has 4 nitrogen and oxygen atoms in total. The van der Waals surface area contributed by atoms with Gasteiger partial charge in [0.15, 0.2) is 0 Å². The summed E-state index contributed by atoms with van der Waals surface area (Å²) in [5.74, 6) is 1.05. The number of carbonyl (C=O) groups is 1. The highest BCUT2D eigenvalue weighted by Crippen LogP contribution is 2.65. The Labute approximate surface area is 150 Å². The van der Waals surface area contributed by atoms with Crippen LogP contribution in [0.15, 0.2) is 30.3 Å². The molecule has 1 N–H and O–H groups in total. The normalized spacial score (nSPS) is 36.3. The lowest BCUT2D eigenvalue weighted by Crippen LogP contribution is -2.65. The quantitative estimate of drug-likeness (QED) is 0.857. The molecule has 1 amide bonds. The predicted molar refractivity (Wildman–Crippen MR) is 97.9 cm³/mol. The van der Waals surface area contributed by atoms with Crippen molar-refractivity contribution in [2.24, 2.45) is 17.3 Å². The Morgan fingerprint density at radius 1 is 1.28 bits per heavy atom. The minimum atomic E-state index is -0.380. The summed E-state index contributed by atoms with van der Waals surface area (Å²) in [5, 5.41) is 3.06. The van der Waals surface area contributed by atoms with Gasteiger partial charge in [-0.1, -0.05) is 44.2 Å². The second kappa shape index (κ2) is 5.85. The smallest absolute Gasteiger partial charge is 0.404 e. The molecule has 0 aromatic heterocycles. The van der Waals surface area contributed by atoms with Crippen molar-refractivity contribution in [3.05, 3.63) is 35.9 Å². The van der Waals surface area contributed by atoms with Gasteiger partial charge in [-0.05, 0) is 49.0 Å². The first-order chi connectivity index (χ1) is 11.8. The Hall–Kier alpha value is -1.33. The van der Waals surface area contributed by atoms with Crippen molar-refractivity contribution in [2.45, 2.75) is 64.6 Å². The maximum absolute atomic E-state index is 11.7. The number of carbonyl (C=O) groups excluding carboxylic acids is 1. The van der Waals surface area contributed by atoms with Gasteiger partial charge >= 0.3 is 7.12 Å². The minimum absolute atomic E-state index is 0.0437. The Kier molecular flexibility index (Phi) is 4.00. The Morgan fingerprint density at radius 2 is 2.00 bits per heavy atom. The maximum Gasteiger partial charge on any atom is 0.482 e. The zero-order chi connectivity index (χ0) is 17.8. The fourth-order valence-electron chi connectivity index (χ4n) is 5.42. The van der Waals surface area contributed by atoms with Crippen LogP contribution >= 0.6 is 0 Å². The van der Waals surface area contributed by atoms with Crippen LogP contribution in [0.4, 0.5) is 0 Å². The van der Waals surface area contributed by atoms with Crippen molar-refractivity contribution in [2.75, 3.05) is 0 Å². The van der Waals surface area contributed by atoms with Gasteiger partial charge in [0.1, 0.15) is 0 Å². The molecule has 25 heavy (non-hydrogen) atoms. The molecule has 3 aliphatic carbocycles. The molecule has 4 aliphatic rings. The molecule has 0 spiro atoms. The van der Waals surface area contributed by atoms with Crippen LogP contribution < -0.4 is 5.32 Å². The van der Waals surface area contributed by atoms with Gasteiger partial charge in [0.05, 0.1) is 17.6 Å². The Morgan fingerprint density at radius 3 is 2.64 bits per heavy atom. The zero-order valence-electron chi connectivity index (χ0n) is 15.6. The first kappa shape index (κ1) is 17.1. The second-order valence-corrected chi connectivity index (χ2v) is 8.83. The third kappa shape index (κ3) is 2.72. The number of benzene rings is 1. The van der Waals surface area contributed by atoms with E-state index in [4.69, 9.17) is 9.31 Å². The molecule has 0 radical (unpaired) electrons. The van der Waals surface area contributed by atoms with Gasteiger partial charge < -0.3 is 14.6 Å². The van der Waals surface area contributed by atoms with Gasteiger partial charge in [0.2, 0.25) is 5.91 Å². The molecular weight excluding hydrogens is 313 g/mol. The largest absolute Gasteiger partial charge is 0.482 e. The van der Waals surface area contributed by atoms with Crippen LogP contribution in [0, 0.1) is 17.3 Å². The van der Waals surface area contributed by atoms with E-state index in [0.29, 0.717) is 17.8 Å². The minimum Gasteiger partial charge on any atom is -0.404 e. The van der Waals surface area contributed by atoms with Crippen LogP contribution in [0.1, 0.15) is 46.1 Å².